The van der Waals surface area contributed by atoms with Gasteiger partial charge in [0.05, 0.1) is 5.69 Å². The summed E-state index contributed by atoms with van der Waals surface area (Å²) in [4.78, 5) is 24.3. The van der Waals surface area contributed by atoms with Gasteiger partial charge in [-0.2, -0.15) is 4.39 Å². The number of nitrogens with zero attached hydrogens (tertiary/aromatic N) is 1. The zero-order valence-electron chi connectivity index (χ0n) is 8.58. The molecule has 2 N–H and O–H groups in total. The Bertz CT molecular complexity index is 741. The largest absolute Gasteiger partial charge is 0.492 e. The van der Waals surface area contributed by atoms with Crippen LogP contribution in [0.15, 0.2) is 32.3 Å². The van der Waals surface area contributed by atoms with E-state index in [0.29, 0.717) is 9.04 Å². The molecule has 0 fully saturated rings. The van der Waals surface area contributed by atoms with Gasteiger partial charge in [-0.05, 0) is 34.1 Å². The number of aromatic amines is 1. The normalized spacial score (nSPS) is 10.6. The Morgan fingerprint density at radius 1 is 1.39 bits per heavy atom. The first-order chi connectivity index (χ1) is 8.41. The number of H-pyrrole nitrogens is 1. The molecule has 94 valence electrons. The van der Waals surface area contributed by atoms with Gasteiger partial charge in [-0.25, -0.2) is 9.36 Å². The van der Waals surface area contributed by atoms with E-state index in [-0.39, 0.29) is 10.7 Å². The zero-order valence-corrected chi connectivity index (χ0v) is 10.9. The highest BCUT2D eigenvalue weighted by molar-refractivity contribution is 9.10. The molecule has 0 saturated carbocycles. The van der Waals surface area contributed by atoms with Crippen molar-refractivity contribution >= 4 is 27.5 Å². The van der Waals surface area contributed by atoms with Gasteiger partial charge in [-0.15, -0.1) is 0 Å². The monoisotopic (exact) mass is 334 g/mol. The number of benzene rings is 1. The number of rotatable bonds is 1. The molecule has 0 unspecified atom stereocenters. The molecule has 0 aliphatic carbocycles. The van der Waals surface area contributed by atoms with E-state index < -0.39 is 22.9 Å². The number of hydrogen-bond donors (Lipinski definition) is 2. The van der Waals surface area contributed by atoms with Crippen LogP contribution in [0, 0.1) is 5.82 Å². The van der Waals surface area contributed by atoms with Crippen molar-refractivity contribution in [1.82, 2.24) is 9.55 Å². The number of hydrogen-bond acceptors (Lipinski definition) is 3. The standard InChI is InChI=1S/C10H5BrClFN2O3/c11-5-2-1-4(12)3-6(5)15-9(17)7(13)8(16)14-10(15)18/h1-3,17H,(H,14,16,18). The molecule has 5 nitrogen and oxygen atoms in total. The molecule has 0 amide bonds. The average molecular weight is 336 g/mol. The molecule has 8 heteroatoms. The maximum absolute atomic E-state index is 13.3. The lowest BCUT2D eigenvalue weighted by Gasteiger charge is -2.10. The Hall–Kier alpha value is -1.60. The van der Waals surface area contributed by atoms with Crippen molar-refractivity contribution in [3.63, 3.8) is 0 Å². The van der Waals surface area contributed by atoms with E-state index in [2.05, 4.69) is 15.9 Å². The molecule has 0 spiro atoms. The summed E-state index contributed by atoms with van der Waals surface area (Å²) in [5.74, 6) is -2.52. The second-order valence-corrected chi connectivity index (χ2v) is 4.62. The quantitative estimate of drug-likeness (QED) is 0.834. The summed E-state index contributed by atoms with van der Waals surface area (Å²) < 4.78 is 14.3. The first-order valence-electron chi connectivity index (χ1n) is 4.61. The molecule has 1 aromatic carbocycles. The fraction of sp³-hybridized carbons (Fsp3) is 0. The highest BCUT2D eigenvalue weighted by Gasteiger charge is 2.17. The SMILES string of the molecule is O=c1[nH]c(=O)n(-c2cc(Cl)ccc2Br)c(O)c1F. The molecule has 1 heterocycles. The predicted octanol–water partition coefficient (Wildman–Crippen LogP) is 1.79. The summed E-state index contributed by atoms with van der Waals surface area (Å²) in [6, 6.07) is 4.40. The molecule has 0 atom stereocenters. The molecule has 0 aliphatic rings. The minimum absolute atomic E-state index is 0.111. The topological polar surface area (TPSA) is 75.1 Å². The Balaban J connectivity index is 2.88. The Morgan fingerprint density at radius 2 is 2.06 bits per heavy atom. The van der Waals surface area contributed by atoms with E-state index in [1.54, 1.807) is 11.1 Å². The van der Waals surface area contributed by atoms with Crippen molar-refractivity contribution in [3.05, 3.63) is 54.3 Å². The average Bonchev–Trinajstić information content (AvgIpc) is 2.31. The first-order valence-corrected chi connectivity index (χ1v) is 5.78. The lowest BCUT2D eigenvalue weighted by molar-refractivity contribution is 0.386. The third kappa shape index (κ3) is 2.06. The van der Waals surface area contributed by atoms with Gasteiger partial charge in [0, 0.05) is 9.50 Å². The van der Waals surface area contributed by atoms with Crippen LogP contribution in [-0.2, 0) is 0 Å². The molecule has 0 bridgehead atoms. The molecule has 1 aromatic heterocycles. The van der Waals surface area contributed by atoms with Crippen LogP contribution in [0.2, 0.25) is 5.02 Å². The molecule has 2 rings (SSSR count). The maximum atomic E-state index is 13.3. The van der Waals surface area contributed by atoms with Crippen LogP contribution < -0.4 is 11.2 Å². The van der Waals surface area contributed by atoms with Crippen LogP contribution in [0.1, 0.15) is 0 Å². The van der Waals surface area contributed by atoms with Crippen LogP contribution in [0.4, 0.5) is 4.39 Å². The third-order valence-electron chi connectivity index (χ3n) is 2.18. The van der Waals surface area contributed by atoms with Gasteiger partial charge in [-0.3, -0.25) is 9.78 Å². The zero-order chi connectivity index (χ0) is 13.4. The molecular formula is C10H5BrClFN2O3. The number of halogens is 3. The fourth-order valence-electron chi connectivity index (χ4n) is 1.38. The van der Waals surface area contributed by atoms with Crippen molar-refractivity contribution < 1.29 is 9.50 Å². The van der Waals surface area contributed by atoms with E-state index >= 15 is 0 Å². The molecule has 2 aromatic rings. The van der Waals surface area contributed by atoms with E-state index in [0.717, 1.165) is 0 Å². The minimum Gasteiger partial charge on any atom is -0.492 e. The summed E-state index contributed by atoms with van der Waals surface area (Å²) in [7, 11) is 0. The van der Waals surface area contributed by atoms with E-state index in [4.69, 9.17) is 11.6 Å². The Morgan fingerprint density at radius 3 is 2.72 bits per heavy atom. The van der Waals surface area contributed by atoms with Crippen molar-refractivity contribution in [1.29, 1.82) is 0 Å². The summed E-state index contributed by atoms with van der Waals surface area (Å²) in [5.41, 5.74) is -2.14. The Kier molecular flexibility index (Phi) is 3.27. The summed E-state index contributed by atoms with van der Waals surface area (Å²) in [6.07, 6.45) is 0. The first kappa shape index (κ1) is 12.8. The van der Waals surface area contributed by atoms with Gasteiger partial charge < -0.3 is 5.11 Å². The molecular weight excluding hydrogens is 330 g/mol. The summed E-state index contributed by atoms with van der Waals surface area (Å²) in [6.45, 7) is 0. The van der Waals surface area contributed by atoms with Crippen LogP contribution in [0.5, 0.6) is 5.88 Å². The van der Waals surface area contributed by atoms with Crippen LogP contribution in [-0.4, -0.2) is 14.7 Å². The number of nitrogens with one attached hydrogen (secondary N) is 1. The van der Waals surface area contributed by atoms with Gasteiger partial charge >= 0.3 is 5.69 Å². The second kappa shape index (κ2) is 4.58. The van der Waals surface area contributed by atoms with E-state index in [1.165, 1.54) is 12.1 Å². The highest BCUT2D eigenvalue weighted by atomic mass is 79.9. The lowest BCUT2D eigenvalue weighted by Crippen LogP contribution is -2.31. The molecule has 0 radical (unpaired) electrons. The number of aromatic hydroxyl groups is 1. The van der Waals surface area contributed by atoms with Gasteiger partial charge in [0.15, 0.2) is 0 Å². The van der Waals surface area contributed by atoms with Gasteiger partial charge in [-0.1, -0.05) is 11.6 Å². The van der Waals surface area contributed by atoms with E-state index in [1.807, 2.05) is 0 Å². The highest BCUT2D eigenvalue weighted by Crippen LogP contribution is 2.26. The smallest absolute Gasteiger partial charge is 0.335 e. The van der Waals surface area contributed by atoms with Crippen molar-refractivity contribution in [2.75, 3.05) is 0 Å². The Labute approximate surface area is 113 Å². The minimum atomic E-state index is -1.44. The van der Waals surface area contributed by atoms with Crippen molar-refractivity contribution in [2.45, 2.75) is 0 Å². The lowest BCUT2D eigenvalue weighted by atomic mass is 10.3. The van der Waals surface area contributed by atoms with Crippen molar-refractivity contribution in [2.24, 2.45) is 0 Å². The maximum Gasteiger partial charge on any atom is 0.335 e. The molecule has 0 aliphatic heterocycles. The van der Waals surface area contributed by atoms with E-state index in [9.17, 15) is 19.1 Å². The fourth-order valence-corrected chi connectivity index (χ4v) is 1.97. The predicted molar refractivity (Wildman–Crippen MR) is 67.0 cm³/mol. The van der Waals surface area contributed by atoms with Crippen LogP contribution >= 0.6 is 27.5 Å². The molecule has 0 saturated heterocycles. The van der Waals surface area contributed by atoms with Crippen molar-refractivity contribution in [3.8, 4) is 11.6 Å². The van der Waals surface area contributed by atoms with Crippen LogP contribution in [0.3, 0.4) is 0 Å². The van der Waals surface area contributed by atoms with Crippen LogP contribution in [0.25, 0.3) is 5.69 Å². The second-order valence-electron chi connectivity index (χ2n) is 3.33. The number of aromatic nitrogens is 2. The summed E-state index contributed by atoms with van der Waals surface area (Å²) >= 11 is 8.89. The summed E-state index contributed by atoms with van der Waals surface area (Å²) in [5, 5.41) is 9.82. The molecule has 18 heavy (non-hydrogen) atoms. The van der Waals surface area contributed by atoms with Gasteiger partial charge in [0.1, 0.15) is 0 Å². The van der Waals surface area contributed by atoms with Gasteiger partial charge in [0.2, 0.25) is 11.7 Å². The third-order valence-corrected chi connectivity index (χ3v) is 3.09. The van der Waals surface area contributed by atoms with Gasteiger partial charge in [0.25, 0.3) is 5.56 Å².